The van der Waals surface area contributed by atoms with Gasteiger partial charge in [0.1, 0.15) is 35.2 Å². The summed E-state index contributed by atoms with van der Waals surface area (Å²) in [7, 11) is 10.5. The molecule has 0 fully saturated rings. The van der Waals surface area contributed by atoms with Crippen LogP contribution in [0.3, 0.4) is 0 Å². The number of fused-ring (bicyclic) bond motifs is 6. The van der Waals surface area contributed by atoms with Gasteiger partial charge < -0.3 is 0 Å². The molecule has 17 rings (SSSR count). The summed E-state index contributed by atoms with van der Waals surface area (Å²) in [6, 6.07) is 110. The van der Waals surface area contributed by atoms with E-state index < -0.39 is 0 Å². The van der Waals surface area contributed by atoms with Gasteiger partial charge in [-0.05, 0) is 185 Å². The number of aryl methyl sites for hydroxylation is 10. The minimum atomic E-state index is 1.04. The fraction of sp³-hybridized carbons (Fsp3) is 0.331. The lowest BCUT2D eigenvalue weighted by molar-refractivity contribution is -0.660. The molecule has 0 atom stereocenters. The third kappa shape index (κ3) is 36.3. The summed E-state index contributed by atoms with van der Waals surface area (Å²) >= 11 is 0. The van der Waals surface area contributed by atoms with Gasteiger partial charge in [0.05, 0.1) is 16.7 Å². The molecule has 15 aromatic rings. The molecule has 0 saturated carbocycles. The lowest BCUT2D eigenvalue weighted by atomic mass is 9.93. The van der Waals surface area contributed by atoms with Crippen molar-refractivity contribution in [2.24, 2.45) is 35.2 Å². The van der Waals surface area contributed by atoms with Crippen molar-refractivity contribution < 1.29 is 22.8 Å². The molecule has 0 N–H and O–H groups in total. The highest BCUT2D eigenvalue weighted by Crippen LogP contribution is 2.45. The minimum Gasteiger partial charge on any atom is -0.201 e. The number of pyridine rings is 5. The van der Waals surface area contributed by atoms with Crippen LogP contribution in [0.4, 0.5) is 0 Å². The number of hydrogen-bond acceptors (Lipinski definition) is 0. The smallest absolute Gasteiger partial charge is 0.201 e. The monoisotopic (exact) mass is 1780 g/mol. The maximum absolute atomic E-state index is 2.29. The van der Waals surface area contributed by atoms with Crippen molar-refractivity contribution in [2.75, 3.05) is 0 Å². The van der Waals surface area contributed by atoms with E-state index in [4.69, 9.17) is 0 Å². The highest BCUT2D eigenvalue weighted by molar-refractivity contribution is 5.91. The van der Waals surface area contributed by atoms with E-state index in [1.165, 1.54) is 162 Å². The summed E-state index contributed by atoms with van der Waals surface area (Å²) in [6.07, 6.45) is 12.8. The number of nitrogens with zero attached hydrogens (tertiary/aromatic N) is 5. The maximum Gasteiger partial charge on any atom is 0.220 e. The van der Waals surface area contributed by atoms with Gasteiger partial charge in [-0.1, -0.05) is 426 Å². The first-order valence-corrected chi connectivity index (χ1v) is 50.4. The average molecular weight is 1780 g/mol. The molecule has 0 radical (unpaired) electrons. The standard InChI is InChI=1S/2C20H18N.3C19H18N.15C2H6/c1-14-10-11-16-13-15-7-3-4-8-17(15)20(16)19(14)18-9-5-6-12-21(18)2;1-14-10-11-17-16-8-4-3-7-15(16)13-18(17)20(14)19-9-5-6-12-21(19)2;1-15-9-6-7-12-17(15)19-18(13-8-14-20(19)2)16-10-4-3-5-11-16;1-15-8-6-7-11-18(15)19-14-17(12-13-20(19)2)16-9-4-3-5-10-16;1-15-8-6-7-11-18(15)19-13-12-17(14-20(19)2)16-9-4-3-5-10-16;15*1-2/h2*3-12H,13H2,1-2H3;3*3-14H,1-2H3;15*1-2H3/q5*+1;;;;;;;;;;;;;;;. The number of hydrogen-bond donors (Lipinski definition) is 0. The van der Waals surface area contributed by atoms with Gasteiger partial charge in [-0.15, -0.1) is 0 Å². The molecular formula is C127H180N5+5. The van der Waals surface area contributed by atoms with E-state index >= 15 is 0 Å². The molecule has 2 aliphatic carbocycles. The zero-order valence-corrected chi connectivity index (χ0v) is 90.5. The molecule has 0 unspecified atom stereocenters. The second-order valence-electron chi connectivity index (χ2n) is 26.9. The minimum absolute atomic E-state index is 1.04. The van der Waals surface area contributed by atoms with Crippen molar-refractivity contribution in [1.82, 2.24) is 0 Å². The summed E-state index contributed by atoms with van der Waals surface area (Å²) in [6.45, 7) is 70.9. The van der Waals surface area contributed by atoms with E-state index in [1.807, 2.05) is 214 Å². The molecule has 0 saturated heterocycles. The Labute approximate surface area is 810 Å². The Morgan fingerprint density at radius 1 is 0.174 bits per heavy atom. The Balaban J connectivity index is -0.00000147. The predicted molar refractivity (Wildman–Crippen MR) is 592 cm³/mol. The van der Waals surface area contributed by atoms with Gasteiger partial charge in [0.25, 0.3) is 0 Å². The van der Waals surface area contributed by atoms with E-state index in [2.05, 4.69) is 427 Å². The van der Waals surface area contributed by atoms with Crippen molar-refractivity contribution in [1.29, 1.82) is 0 Å². The Hall–Kier alpha value is -12.1. The average Bonchev–Trinajstić information content (AvgIpc) is 1.69. The molecule has 0 aliphatic heterocycles. The van der Waals surface area contributed by atoms with Crippen LogP contribution in [0.25, 0.3) is 112 Å². The third-order valence-electron chi connectivity index (χ3n) is 20.0. The van der Waals surface area contributed by atoms with Crippen LogP contribution in [-0.4, -0.2) is 0 Å². The quantitative estimate of drug-likeness (QED) is 0.135. The van der Waals surface area contributed by atoms with E-state index in [0.717, 1.165) is 12.8 Å². The van der Waals surface area contributed by atoms with E-state index in [1.54, 1.807) is 0 Å². The SMILES string of the molecule is CC.CC.CC.CC.CC.CC.CC.CC.CC.CC.CC.CC.CC.CC.CC.Cc1ccc2c(c1-c1cccc[n+]1C)-c1ccccc1C2.Cc1ccc2c(c1-c1cccc[n+]1C)Cc1ccccc1-2.Cc1ccccc1-c1c(-c2ccccc2)ccc[n+]1C.Cc1ccccc1-c1cc(-c2ccccc2)cc[n+]1C.Cc1ccccc1-c1ccc(-c2ccccc2)c[n+]1C. The van der Waals surface area contributed by atoms with Crippen molar-refractivity contribution >= 4 is 0 Å². The van der Waals surface area contributed by atoms with Crippen molar-refractivity contribution in [3.63, 3.8) is 0 Å². The third-order valence-corrected chi connectivity index (χ3v) is 20.0. The first kappa shape index (κ1) is 124. The maximum atomic E-state index is 2.29. The second kappa shape index (κ2) is 75.6. The Bertz CT molecular complexity index is 5460. The summed E-state index contributed by atoms with van der Waals surface area (Å²) < 4.78 is 11.0. The Kier molecular flexibility index (Phi) is 71.1. The molecule has 0 spiro atoms. The summed E-state index contributed by atoms with van der Waals surface area (Å²) in [5.74, 6) is 0. The highest BCUT2D eigenvalue weighted by Gasteiger charge is 2.28. The van der Waals surface area contributed by atoms with Gasteiger partial charge in [-0.3, -0.25) is 0 Å². The van der Waals surface area contributed by atoms with Gasteiger partial charge in [-0.2, -0.15) is 0 Å². The van der Waals surface area contributed by atoms with Crippen LogP contribution < -0.4 is 22.8 Å². The van der Waals surface area contributed by atoms with Crippen LogP contribution in [0.2, 0.25) is 0 Å². The Morgan fingerprint density at radius 2 is 0.523 bits per heavy atom. The molecule has 0 bridgehead atoms. The number of rotatable bonds is 8. The number of benzene rings is 10. The molecule has 10 aromatic carbocycles. The van der Waals surface area contributed by atoms with Crippen LogP contribution in [0.5, 0.6) is 0 Å². The van der Waals surface area contributed by atoms with Crippen LogP contribution in [-0.2, 0) is 48.1 Å². The molecule has 0 amide bonds. The van der Waals surface area contributed by atoms with Gasteiger partial charge in [0.2, 0.25) is 28.5 Å². The molecule has 708 valence electrons. The van der Waals surface area contributed by atoms with Crippen molar-refractivity contribution in [3.05, 3.63) is 390 Å². The van der Waals surface area contributed by atoms with Crippen molar-refractivity contribution in [2.45, 2.75) is 255 Å². The fourth-order valence-electron chi connectivity index (χ4n) is 14.6. The molecule has 2 aliphatic rings. The largest absolute Gasteiger partial charge is 0.220 e. The zero-order chi connectivity index (χ0) is 101. The van der Waals surface area contributed by atoms with E-state index in [0.29, 0.717) is 0 Å². The van der Waals surface area contributed by atoms with Gasteiger partial charge in [0.15, 0.2) is 31.0 Å². The molecular weight excluding hydrogens is 1600 g/mol. The summed E-state index contributed by atoms with van der Waals surface area (Å²) in [5.41, 5.74) is 38.5. The lowest BCUT2D eigenvalue weighted by Crippen LogP contribution is -2.31. The normalized spacial score (nSPS) is 9.30. The van der Waals surface area contributed by atoms with E-state index in [-0.39, 0.29) is 0 Å². The molecule has 132 heavy (non-hydrogen) atoms. The number of aromatic nitrogens is 5. The van der Waals surface area contributed by atoms with Crippen molar-refractivity contribution in [3.8, 4) is 112 Å². The fourth-order valence-corrected chi connectivity index (χ4v) is 14.6. The Morgan fingerprint density at radius 3 is 0.977 bits per heavy atom. The molecule has 5 aromatic heterocycles. The van der Waals surface area contributed by atoms with Gasteiger partial charge in [0, 0.05) is 70.8 Å². The van der Waals surface area contributed by atoms with Crippen LogP contribution in [0.15, 0.2) is 340 Å². The highest BCUT2D eigenvalue weighted by atomic mass is 14.9. The first-order valence-electron chi connectivity index (χ1n) is 50.4. The van der Waals surface area contributed by atoms with Crippen LogP contribution in [0.1, 0.15) is 258 Å². The lowest BCUT2D eigenvalue weighted by Gasteiger charge is -2.11. The van der Waals surface area contributed by atoms with Gasteiger partial charge >= 0.3 is 0 Å². The molecule has 5 heteroatoms. The zero-order valence-electron chi connectivity index (χ0n) is 90.5. The molecule has 5 nitrogen and oxygen atoms in total. The predicted octanol–water partition coefficient (Wildman–Crippen LogP) is 36.0. The topological polar surface area (TPSA) is 19.4 Å². The molecule has 5 heterocycles. The van der Waals surface area contributed by atoms with Crippen LogP contribution in [0, 0.1) is 34.6 Å². The first-order chi connectivity index (χ1) is 64.8. The second-order valence-corrected chi connectivity index (χ2v) is 26.9. The van der Waals surface area contributed by atoms with Gasteiger partial charge in [-0.25, -0.2) is 22.8 Å². The summed E-state index contributed by atoms with van der Waals surface area (Å²) in [5, 5.41) is 0. The summed E-state index contributed by atoms with van der Waals surface area (Å²) in [4.78, 5) is 0. The van der Waals surface area contributed by atoms with Crippen LogP contribution >= 0.6 is 0 Å². The van der Waals surface area contributed by atoms with E-state index in [9.17, 15) is 0 Å².